The minimum atomic E-state index is -0.518. The van der Waals surface area contributed by atoms with Crippen molar-refractivity contribution in [3.63, 3.8) is 0 Å². The molecule has 8 heteroatoms. The highest BCUT2D eigenvalue weighted by molar-refractivity contribution is 5.78. The first-order valence-electron chi connectivity index (χ1n) is 9.17. The van der Waals surface area contributed by atoms with Gasteiger partial charge in [-0.2, -0.15) is 0 Å². The van der Waals surface area contributed by atoms with Crippen LogP contribution in [-0.4, -0.2) is 66.6 Å². The summed E-state index contributed by atoms with van der Waals surface area (Å²) in [7, 11) is 0. The van der Waals surface area contributed by atoms with Crippen LogP contribution in [0.15, 0.2) is 54.6 Å². The number of rotatable bonds is 8. The van der Waals surface area contributed by atoms with Gasteiger partial charge in [0.25, 0.3) is 5.91 Å². The molecule has 0 unspecified atom stereocenters. The van der Waals surface area contributed by atoms with Crippen LogP contribution in [0.4, 0.5) is 5.69 Å². The molecule has 0 radical (unpaired) electrons. The van der Waals surface area contributed by atoms with Crippen molar-refractivity contribution in [3.8, 4) is 11.5 Å². The van der Waals surface area contributed by atoms with Gasteiger partial charge in [0, 0.05) is 38.8 Å². The molecule has 0 N–H and O–H groups in total. The van der Waals surface area contributed by atoms with Gasteiger partial charge in [-0.15, -0.1) is 0 Å². The maximum atomic E-state index is 12.3. The summed E-state index contributed by atoms with van der Waals surface area (Å²) in [4.78, 5) is 26.8. The SMILES string of the molecule is O=C(COc1ccccc1[N+](=O)[O-])N1CCN(CCOc2ccccc2)CC1. The fourth-order valence-electron chi connectivity index (χ4n) is 2.99. The lowest BCUT2D eigenvalue weighted by Gasteiger charge is -2.34. The monoisotopic (exact) mass is 385 g/mol. The summed E-state index contributed by atoms with van der Waals surface area (Å²) in [5.74, 6) is 0.791. The first-order chi connectivity index (χ1) is 13.6. The van der Waals surface area contributed by atoms with E-state index in [1.807, 2.05) is 30.3 Å². The molecule has 8 nitrogen and oxygen atoms in total. The zero-order valence-electron chi connectivity index (χ0n) is 15.5. The maximum absolute atomic E-state index is 12.3. The van der Waals surface area contributed by atoms with Crippen molar-refractivity contribution >= 4 is 11.6 Å². The highest BCUT2D eigenvalue weighted by Crippen LogP contribution is 2.25. The van der Waals surface area contributed by atoms with Crippen LogP contribution in [0.3, 0.4) is 0 Å². The highest BCUT2D eigenvalue weighted by Gasteiger charge is 2.22. The van der Waals surface area contributed by atoms with Crippen molar-refractivity contribution in [1.29, 1.82) is 0 Å². The van der Waals surface area contributed by atoms with Crippen LogP contribution in [0.2, 0.25) is 0 Å². The zero-order chi connectivity index (χ0) is 19.8. The smallest absolute Gasteiger partial charge is 0.310 e. The Morgan fingerprint density at radius 1 is 0.964 bits per heavy atom. The Morgan fingerprint density at radius 3 is 2.36 bits per heavy atom. The number of ether oxygens (including phenoxy) is 2. The topological polar surface area (TPSA) is 85.1 Å². The Bertz CT molecular complexity index is 791. The number of nitro benzene ring substituents is 1. The van der Waals surface area contributed by atoms with Gasteiger partial charge in [0.15, 0.2) is 12.4 Å². The van der Waals surface area contributed by atoms with Crippen molar-refractivity contribution in [2.75, 3.05) is 45.9 Å². The van der Waals surface area contributed by atoms with E-state index in [1.54, 1.807) is 17.0 Å². The lowest BCUT2D eigenvalue weighted by molar-refractivity contribution is -0.385. The van der Waals surface area contributed by atoms with Crippen LogP contribution in [-0.2, 0) is 4.79 Å². The fourth-order valence-corrected chi connectivity index (χ4v) is 2.99. The number of hydrogen-bond acceptors (Lipinski definition) is 6. The maximum Gasteiger partial charge on any atom is 0.310 e. The summed E-state index contributed by atoms with van der Waals surface area (Å²) < 4.78 is 11.1. The normalized spacial score (nSPS) is 14.5. The Kier molecular flexibility index (Phi) is 6.80. The molecule has 1 heterocycles. The highest BCUT2D eigenvalue weighted by atomic mass is 16.6. The van der Waals surface area contributed by atoms with E-state index in [2.05, 4.69) is 4.90 Å². The van der Waals surface area contributed by atoms with Crippen molar-refractivity contribution in [1.82, 2.24) is 9.80 Å². The molecular weight excluding hydrogens is 362 g/mol. The van der Waals surface area contributed by atoms with E-state index in [9.17, 15) is 14.9 Å². The summed E-state index contributed by atoms with van der Waals surface area (Å²) in [5, 5.41) is 11.0. The van der Waals surface area contributed by atoms with E-state index in [1.165, 1.54) is 12.1 Å². The van der Waals surface area contributed by atoms with Gasteiger partial charge in [-0.05, 0) is 18.2 Å². The summed E-state index contributed by atoms with van der Waals surface area (Å²) in [6, 6.07) is 15.7. The number of nitrogens with zero attached hydrogens (tertiary/aromatic N) is 3. The molecule has 0 saturated carbocycles. The van der Waals surface area contributed by atoms with E-state index in [0.717, 1.165) is 25.4 Å². The lowest BCUT2D eigenvalue weighted by atomic mass is 10.3. The van der Waals surface area contributed by atoms with Gasteiger partial charge >= 0.3 is 5.69 Å². The van der Waals surface area contributed by atoms with Crippen molar-refractivity contribution in [2.45, 2.75) is 0 Å². The van der Waals surface area contributed by atoms with Crippen LogP contribution >= 0.6 is 0 Å². The average molecular weight is 385 g/mol. The molecule has 1 saturated heterocycles. The van der Waals surface area contributed by atoms with E-state index >= 15 is 0 Å². The van der Waals surface area contributed by atoms with E-state index < -0.39 is 4.92 Å². The summed E-state index contributed by atoms with van der Waals surface area (Å²) >= 11 is 0. The van der Waals surface area contributed by atoms with Crippen LogP contribution in [0, 0.1) is 10.1 Å². The Balaban J connectivity index is 1.38. The molecule has 3 rings (SSSR count). The van der Waals surface area contributed by atoms with Gasteiger partial charge in [-0.1, -0.05) is 30.3 Å². The molecule has 0 atom stereocenters. The molecule has 0 aliphatic carbocycles. The molecular formula is C20H23N3O5. The third-order valence-electron chi connectivity index (χ3n) is 4.56. The standard InChI is InChI=1S/C20H23N3O5/c24-20(16-28-19-9-5-4-8-18(19)23(25)26)22-12-10-21(11-13-22)14-15-27-17-6-2-1-3-7-17/h1-9H,10-16H2. The molecule has 1 aliphatic heterocycles. The van der Waals surface area contributed by atoms with Crippen molar-refractivity contribution in [3.05, 3.63) is 64.7 Å². The van der Waals surface area contributed by atoms with E-state index in [0.29, 0.717) is 19.7 Å². The number of carbonyl (C=O) groups excluding carboxylic acids is 1. The first kappa shape index (κ1) is 19.6. The second-order valence-electron chi connectivity index (χ2n) is 6.40. The van der Waals surface area contributed by atoms with Gasteiger partial charge in [-0.3, -0.25) is 19.8 Å². The van der Waals surface area contributed by atoms with E-state index in [4.69, 9.17) is 9.47 Å². The molecule has 28 heavy (non-hydrogen) atoms. The number of carbonyl (C=O) groups is 1. The molecule has 0 bridgehead atoms. The molecule has 2 aromatic rings. The van der Waals surface area contributed by atoms with Crippen LogP contribution in [0.25, 0.3) is 0 Å². The average Bonchev–Trinajstić information content (AvgIpc) is 2.73. The van der Waals surface area contributed by atoms with E-state index in [-0.39, 0.29) is 24.0 Å². The predicted octanol–water partition coefficient (Wildman–Crippen LogP) is 2.20. The number of piperazine rings is 1. The van der Waals surface area contributed by atoms with Crippen LogP contribution in [0.5, 0.6) is 11.5 Å². The largest absolute Gasteiger partial charge is 0.492 e. The molecule has 1 fully saturated rings. The van der Waals surface area contributed by atoms with Gasteiger partial charge in [0.1, 0.15) is 12.4 Å². The number of hydrogen-bond donors (Lipinski definition) is 0. The minimum absolute atomic E-state index is 0.109. The van der Waals surface area contributed by atoms with Crippen LogP contribution in [0.1, 0.15) is 0 Å². The van der Waals surface area contributed by atoms with Crippen LogP contribution < -0.4 is 9.47 Å². The first-order valence-corrected chi connectivity index (χ1v) is 9.17. The van der Waals surface area contributed by atoms with Crippen molar-refractivity contribution < 1.29 is 19.2 Å². The number of para-hydroxylation sites is 3. The molecule has 0 spiro atoms. The fraction of sp³-hybridized carbons (Fsp3) is 0.350. The molecule has 1 aliphatic rings. The summed E-state index contributed by atoms with van der Waals surface area (Å²) in [5.41, 5.74) is -0.140. The lowest BCUT2D eigenvalue weighted by Crippen LogP contribution is -2.50. The molecule has 148 valence electrons. The Hall–Kier alpha value is -3.13. The summed E-state index contributed by atoms with van der Waals surface area (Å²) in [6.45, 7) is 3.91. The molecule has 2 aromatic carbocycles. The Labute approximate surface area is 163 Å². The summed E-state index contributed by atoms with van der Waals surface area (Å²) in [6.07, 6.45) is 0. The second-order valence-corrected chi connectivity index (χ2v) is 6.40. The second kappa shape index (κ2) is 9.70. The minimum Gasteiger partial charge on any atom is -0.492 e. The Morgan fingerprint density at radius 2 is 1.64 bits per heavy atom. The van der Waals surface area contributed by atoms with Gasteiger partial charge in [0.2, 0.25) is 0 Å². The third kappa shape index (κ3) is 5.43. The predicted molar refractivity (Wildman–Crippen MR) is 104 cm³/mol. The quantitative estimate of drug-likeness (QED) is 0.512. The molecule has 1 amide bonds. The number of benzene rings is 2. The molecule has 0 aromatic heterocycles. The number of amides is 1. The van der Waals surface area contributed by atoms with Crippen molar-refractivity contribution in [2.24, 2.45) is 0 Å². The van der Waals surface area contributed by atoms with Gasteiger partial charge in [-0.25, -0.2) is 0 Å². The van der Waals surface area contributed by atoms with Gasteiger partial charge in [0.05, 0.1) is 4.92 Å². The number of nitro groups is 1. The van der Waals surface area contributed by atoms with Gasteiger partial charge < -0.3 is 14.4 Å². The zero-order valence-corrected chi connectivity index (χ0v) is 15.5. The third-order valence-corrected chi connectivity index (χ3v) is 4.56.